The molecule has 7 heteroatoms. The van der Waals surface area contributed by atoms with Crippen LogP contribution in [0.3, 0.4) is 0 Å². The van der Waals surface area contributed by atoms with Crippen LogP contribution < -0.4 is 0 Å². The summed E-state index contributed by atoms with van der Waals surface area (Å²) < 4.78 is 0. The monoisotopic (exact) mass is 436 g/mol. The second-order valence-corrected chi connectivity index (χ2v) is 8.11. The molecule has 0 aromatic heterocycles. The van der Waals surface area contributed by atoms with Gasteiger partial charge in [0.05, 0.1) is 19.8 Å². The Kier molecular flexibility index (Phi) is 28.8. The van der Waals surface area contributed by atoms with Gasteiger partial charge in [0.15, 0.2) is 0 Å². The zero-order valence-corrected chi connectivity index (χ0v) is 19.6. The summed E-state index contributed by atoms with van der Waals surface area (Å²) in [6, 6.07) is 0. The maximum atomic E-state index is 10.1. The molecule has 0 aliphatic carbocycles. The molecule has 0 heterocycles. The molecule has 0 aromatic rings. The second kappa shape index (κ2) is 25.9. The largest absolute Gasteiger partial charge is 0.481 e. The summed E-state index contributed by atoms with van der Waals surface area (Å²) in [5.41, 5.74) is -0.708. The average Bonchev–Trinajstić information content (AvgIpc) is 2.73. The molecule has 0 amide bonds. The molecule has 0 unspecified atom stereocenters. The third-order valence-corrected chi connectivity index (χ3v) is 4.63. The van der Waals surface area contributed by atoms with Crippen molar-refractivity contribution in [2.24, 2.45) is 5.41 Å². The topological polar surface area (TPSA) is 135 Å². The Labute approximate surface area is 183 Å². The molecule has 0 fully saturated rings. The minimum Gasteiger partial charge on any atom is -0.481 e. The van der Waals surface area contributed by atoms with E-state index in [1.54, 1.807) is 6.92 Å². The molecule has 0 aliphatic rings. The van der Waals surface area contributed by atoms with Crippen LogP contribution in [0.1, 0.15) is 111 Å². The summed E-state index contributed by atoms with van der Waals surface area (Å²) in [7, 11) is 0. The molecule has 0 aliphatic heterocycles. The first-order chi connectivity index (χ1) is 14.2. The lowest BCUT2D eigenvalue weighted by Crippen LogP contribution is -2.29. The number of aliphatic carboxylic acids is 2. The van der Waals surface area contributed by atoms with Crippen LogP contribution in [0.15, 0.2) is 0 Å². The van der Waals surface area contributed by atoms with Crippen molar-refractivity contribution in [2.45, 2.75) is 111 Å². The van der Waals surface area contributed by atoms with Gasteiger partial charge in [0.25, 0.3) is 0 Å². The highest BCUT2D eigenvalue weighted by Gasteiger charge is 2.20. The summed E-state index contributed by atoms with van der Waals surface area (Å²) in [5.74, 6) is -1.33. The number of hydrogen-bond acceptors (Lipinski definition) is 5. The first-order valence-electron chi connectivity index (χ1n) is 11.5. The predicted molar refractivity (Wildman–Crippen MR) is 121 cm³/mol. The molecule has 0 rings (SSSR count). The third-order valence-electron chi connectivity index (χ3n) is 4.63. The number of hydrogen-bond donors (Lipinski definition) is 5. The van der Waals surface area contributed by atoms with Crippen LogP contribution in [0.5, 0.6) is 0 Å². The lowest BCUT2D eigenvalue weighted by molar-refractivity contribution is -0.138. The minimum atomic E-state index is -0.708. The maximum absolute atomic E-state index is 10.1. The number of carbonyl (C=O) groups is 2. The Hall–Kier alpha value is -1.18. The Morgan fingerprint density at radius 3 is 1.03 bits per heavy atom. The van der Waals surface area contributed by atoms with Crippen LogP contribution >= 0.6 is 0 Å². The Bertz CT molecular complexity index is 360. The molecule has 0 radical (unpaired) electrons. The first kappa shape index (κ1) is 33.5. The van der Waals surface area contributed by atoms with Crippen molar-refractivity contribution in [3.05, 3.63) is 0 Å². The second-order valence-electron chi connectivity index (χ2n) is 8.11. The lowest BCUT2D eigenvalue weighted by atomic mass is 9.95. The number of rotatable bonds is 17. The number of aliphatic hydroxyl groups is 3. The Balaban J connectivity index is -0.000000372. The highest BCUT2D eigenvalue weighted by Crippen LogP contribution is 2.11. The molecule has 7 nitrogen and oxygen atoms in total. The summed E-state index contributed by atoms with van der Waals surface area (Å²) in [6.45, 7) is 5.41. The quantitative estimate of drug-likeness (QED) is 0.210. The zero-order valence-electron chi connectivity index (χ0n) is 19.6. The molecule has 0 atom stereocenters. The van der Waals surface area contributed by atoms with Crippen LogP contribution in [0.25, 0.3) is 0 Å². The van der Waals surface area contributed by atoms with E-state index in [0.717, 1.165) is 25.7 Å². The van der Waals surface area contributed by atoms with E-state index in [1.165, 1.54) is 51.4 Å². The van der Waals surface area contributed by atoms with Gasteiger partial charge in [-0.25, -0.2) is 0 Å². The highest BCUT2D eigenvalue weighted by molar-refractivity contribution is 5.66. The van der Waals surface area contributed by atoms with E-state index < -0.39 is 17.4 Å². The van der Waals surface area contributed by atoms with Gasteiger partial charge in [-0.3, -0.25) is 9.59 Å². The van der Waals surface area contributed by atoms with Crippen molar-refractivity contribution in [3.63, 3.8) is 0 Å². The predicted octanol–water partition coefficient (Wildman–Crippen LogP) is 4.61. The minimum absolute atomic E-state index is 0.181. The maximum Gasteiger partial charge on any atom is 0.303 e. The van der Waals surface area contributed by atoms with E-state index in [0.29, 0.717) is 12.8 Å². The van der Waals surface area contributed by atoms with E-state index >= 15 is 0 Å². The standard InChI is InChI=1S/C10H20O2.C8H16O2.C5H12O3/c1-2-3-4-5-6-7-8-9-10(11)12;1-2-3-4-5-6-7-8(9)10;1-5(2-6,3-7)4-8/h2-9H2,1H3,(H,11,12);2-7H2,1H3,(H,9,10);6-8H,2-4H2,1H3. The summed E-state index contributed by atoms with van der Waals surface area (Å²) >= 11 is 0. The molecule has 30 heavy (non-hydrogen) atoms. The molecular weight excluding hydrogens is 388 g/mol. The average molecular weight is 437 g/mol. The zero-order chi connectivity index (χ0) is 23.7. The van der Waals surface area contributed by atoms with E-state index in [4.69, 9.17) is 25.5 Å². The van der Waals surface area contributed by atoms with Gasteiger partial charge in [-0.1, -0.05) is 85.0 Å². The van der Waals surface area contributed by atoms with Gasteiger partial charge in [0, 0.05) is 18.3 Å². The number of carboxylic acid groups (broad SMARTS) is 2. The van der Waals surface area contributed by atoms with Gasteiger partial charge in [-0.05, 0) is 12.8 Å². The molecule has 5 N–H and O–H groups in total. The molecular formula is C23H48O7. The SMILES string of the molecule is CC(CO)(CO)CO.CCCCCCCC(=O)O.CCCCCCCCCC(=O)O. The molecule has 0 saturated carbocycles. The van der Waals surface area contributed by atoms with Crippen LogP contribution in [0.4, 0.5) is 0 Å². The van der Waals surface area contributed by atoms with E-state index in [1.807, 2.05) is 0 Å². The fraction of sp³-hybridized carbons (Fsp3) is 0.913. The van der Waals surface area contributed by atoms with Gasteiger partial charge in [0.2, 0.25) is 0 Å². The van der Waals surface area contributed by atoms with Gasteiger partial charge in [-0.2, -0.15) is 0 Å². The molecule has 0 saturated heterocycles. The van der Waals surface area contributed by atoms with E-state index in [9.17, 15) is 9.59 Å². The van der Waals surface area contributed by atoms with Gasteiger partial charge >= 0.3 is 11.9 Å². The fourth-order valence-electron chi connectivity index (χ4n) is 2.26. The van der Waals surface area contributed by atoms with Crippen LogP contribution in [-0.2, 0) is 9.59 Å². The number of carboxylic acids is 2. The van der Waals surface area contributed by atoms with E-state index in [2.05, 4.69) is 13.8 Å². The summed E-state index contributed by atoms with van der Waals surface area (Å²) in [5, 5.41) is 42.0. The number of aliphatic hydroxyl groups excluding tert-OH is 3. The number of unbranched alkanes of at least 4 members (excludes halogenated alkanes) is 10. The summed E-state index contributed by atoms with van der Waals surface area (Å²) in [4.78, 5) is 20.2. The van der Waals surface area contributed by atoms with Crippen molar-refractivity contribution in [2.75, 3.05) is 19.8 Å². The molecule has 0 spiro atoms. The Morgan fingerprint density at radius 2 is 0.833 bits per heavy atom. The Morgan fingerprint density at radius 1 is 0.567 bits per heavy atom. The van der Waals surface area contributed by atoms with Crippen molar-refractivity contribution in [1.29, 1.82) is 0 Å². The molecule has 0 aromatic carbocycles. The van der Waals surface area contributed by atoms with Crippen molar-refractivity contribution in [3.8, 4) is 0 Å². The van der Waals surface area contributed by atoms with Crippen LogP contribution in [0.2, 0.25) is 0 Å². The third kappa shape index (κ3) is 31.5. The molecule has 0 bridgehead atoms. The normalized spacial score (nSPS) is 10.5. The first-order valence-corrected chi connectivity index (χ1v) is 11.5. The smallest absolute Gasteiger partial charge is 0.303 e. The lowest BCUT2D eigenvalue weighted by Gasteiger charge is -2.20. The van der Waals surface area contributed by atoms with Crippen LogP contribution in [0, 0.1) is 5.41 Å². The van der Waals surface area contributed by atoms with Crippen molar-refractivity contribution >= 4 is 11.9 Å². The molecule has 182 valence electrons. The van der Waals surface area contributed by atoms with Crippen molar-refractivity contribution in [1.82, 2.24) is 0 Å². The van der Waals surface area contributed by atoms with Crippen LogP contribution in [-0.4, -0.2) is 57.3 Å². The summed E-state index contributed by atoms with van der Waals surface area (Å²) in [6.07, 6.45) is 14.5. The van der Waals surface area contributed by atoms with E-state index in [-0.39, 0.29) is 19.8 Å². The fourth-order valence-corrected chi connectivity index (χ4v) is 2.26. The van der Waals surface area contributed by atoms with Gasteiger partial charge in [0.1, 0.15) is 0 Å². The van der Waals surface area contributed by atoms with Gasteiger partial charge in [-0.15, -0.1) is 0 Å². The van der Waals surface area contributed by atoms with Gasteiger partial charge < -0.3 is 25.5 Å². The highest BCUT2D eigenvalue weighted by atomic mass is 16.4. The van der Waals surface area contributed by atoms with Crippen molar-refractivity contribution < 1.29 is 35.1 Å².